The molecule has 0 atom stereocenters. The van der Waals surface area contributed by atoms with E-state index in [2.05, 4.69) is 4.98 Å². The van der Waals surface area contributed by atoms with Gasteiger partial charge in [-0.15, -0.1) is 0 Å². The fraction of sp³-hybridized carbons (Fsp3) is 0.188. The number of rotatable bonds is 5. The van der Waals surface area contributed by atoms with Gasteiger partial charge in [-0.1, -0.05) is 23.7 Å². The number of aromatic nitrogens is 3. The molecule has 0 unspecified atom stereocenters. The molecular weight excluding hydrogens is 318 g/mol. The van der Waals surface area contributed by atoms with Gasteiger partial charge in [-0.2, -0.15) is 4.40 Å². The smallest absolute Gasteiger partial charge is 0.339 e. The van der Waals surface area contributed by atoms with Crippen molar-refractivity contribution in [2.75, 3.05) is 13.7 Å². The first-order chi connectivity index (χ1) is 11.1. The second-order valence-corrected chi connectivity index (χ2v) is 5.42. The van der Waals surface area contributed by atoms with Crippen molar-refractivity contribution < 1.29 is 19.0 Å². The minimum absolute atomic E-state index is 0.107. The van der Waals surface area contributed by atoms with Crippen LogP contribution in [0.15, 0.2) is 42.7 Å². The first-order valence-corrected chi connectivity index (χ1v) is 7.34. The summed E-state index contributed by atoms with van der Waals surface area (Å²) in [5, 5.41) is 10.8. The summed E-state index contributed by atoms with van der Waals surface area (Å²) in [5.74, 6) is -0.403. The highest BCUT2D eigenvalue weighted by Crippen LogP contribution is 2.20. The van der Waals surface area contributed by atoms with Crippen LogP contribution in [-0.2, 0) is 11.3 Å². The molecule has 0 aliphatic rings. The zero-order chi connectivity index (χ0) is 16.4. The van der Waals surface area contributed by atoms with E-state index in [0.29, 0.717) is 17.3 Å². The maximum Gasteiger partial charge on any atom is 0.339 e. The van der Waals surface area contributed by atoms with Crippen LogP contribution in [0.4, 0.5) is 0 Å². The Labute approximate surface area is 137 Å². The number of Topliss-reactive ketones (excluding diaryl/α,β-unsaturated/α-hetero) is 1. The SMILES string of the molecule is COCC(=O)c1c(O)[n+]2ccccc2n1Cc1ccc(Cl)nc1. The van der Waals surface area contributed by atoms with Crippen molar-refractivity contribution in [2.24, 2.45) is 0 Å². The first kappa shape index (κ1) is 15.5. The number of aromatic hydroxyl groups is 1. The maximum atomic E-state index is 12.3. The number of hydrogen-bond acceptors (Lipinski definition) is 4. The Hall–Kier alpha value is -2.44. The lowest BCUT2D eigenvalue weighted by molar-refractivity contribution is -0.521. The highest BCUT2D eigenvalue weighted by atomic mass is 35.5. The molecule has 0 fully saturated rings. The summed E-state index contributed by atoms with van der Waals surface area (Å²) < 4.78 is 8.22. The molecule has 23 heavy (non-hydrogen) atoms. The molecule has 0 aromatic carbocycles. The highest BCUT2D eigenvalue weighted by Gasteiger charge is 2.30. The fourth-order valence-electron chi connectivity index (χ4n) is 2.50. The summed E-state index contributed by atoms with van der Waals surface area (Å²) in [6.07, 6.45) is 3.34. The van der Waals surface area contributed by atoms with Crippen molar-refractivity contribution >= 4 is 23.0 Å². The lowest BCUT2D eigenvalue weighted by atomic mass is 10.2. The Balaban J connectivity index is 2.14. The average molecular weight is 333 g/mol. The van der Waals surface area contributed by atoms with Crippen molar-refractivity contribution in [3.63, 3.8) is 0 Å². The number of hydrogen-bond donors (Lipinski definition) is 1. The minimum Gasteiger partial charge on any atom is -0.474 e. The summed E-state index contributed by atoms with van der Waals surface area (Å²) in [7, 11) is 1.44. The number of imidazole rings is 1. The topological polar surface area (TPSA) is 68.5 Å². The van der Waals surface area contributed by atoms with E-state index in [0.717, 1.165) is 5.56 Å². The third kappa shape index (κ3) is 2.91. The molecule has 7 heteroatoms. The maximum absolute atomic E-state index is 12.3. The van der Waals surface area contributed by atoms with Crippen LogP contribution in [0.2, 0.25) is 5.15 Å². The third-order valence-corrected chi connectivity index (χ3v) is 3.72. The Morgan fingerprint density at radius 2 is 2.22 bits per heavy atom. The zero-order valence-electron chi connectivity index (χ0n) is 12.4. The first-order valence-electron chi connectivity index (χ1n) is 6.96. The number of pyridine rings is 2. The van der Waals surface area contributed by atoms with Crippen LogP contribution in [0.25, 0.3) is 5.65 Å². The molecule has 0 saturated carbocycles. The van der Waals surface area contributed by atoms with E-state index in [4.69, 9.17) is 16.3 Å². The van der Waals surface area contributed by atoms with Crippen LogP contribution in [0.3, 0.4) is 0 Å². The average Bonchev–Trinajstić information content (AvgIpc) is 2.83. The quantitative estimate of drug-likeness (QED) is 0.440. The van der Waals surface area contributed by atoms with E-state index in [1.54, 1.807) is 33.5 Å². The van der Waals surface area contributed by atoms with Gasteiger partial charge in [-0.05, 0) is 12.1 Å². The number of ketones is 1. The van der Waals surface area contributed by atoms with Crippen molar-refractivity contribution in [2.45, 2.75) is 6.54 Å². The van der Waals surface area contributed by atoms with E-state index < -0.39 is 0 Å². The van der Waals surface area contributed by atoms with Gasteiger partial charge in [0.2, 0.25) is 5.78 Å². The van der Waals surface area contributed by atoms with Crippen molar-refractivity contribution in [3.05, 3.63) is 59.1 Å². The minimum atomic E-state index is -0.296. The summed E-state index contributed by atoms with van der Waals surface area (Å²) in [6, 6.07) is 8.97. The van der Waals surface area contributed by atoms with Crippen molar-refractivity contribution in [1.82, 2.24) is 9.55 Å². The summed E-state index contributed by atoms with van der Waals surface area (Å²) in [5.41, 5.74) is 1.76. The van der Waals surface area contributed by atoms with Crippen LogP contribution in [0.1, 0.15) is 16.1 Å². The second kappa shape index (κ2) is 6.36. The lowest BCUT2D eigenvalue weighted by Crippen LogP contribution is -2.19. The van der Waals surface area contributed by atoms with Crippen LogP contribution in [0, 0.1) is 0 Å². The summed E-state index contributed by atoms with van der Waals surface area (Å²) in [4.78, 5) is 16.4. The molecule has 6 nitrogen and oxygen atoms in total. The molecule has 1 N–H and O–H groups in total. The molecule has 3 rings (SSSR count). The number of ether oxygens (including phenoxy) is 1. The van der Waals surface area contributed by atoms with Crippen LogP contribution >= 0.6 is 11.6 Å². The third-order valence-electron chi connectivity index (χ3n) is 3.49. The monoisotopic (exact) mass is 332 g/mol. The Kier molecular flexibility index (Phi) is 4.27. The molecule has 0 spiro atoms. The van der Waals surface area contributed by atoms with E-state index in [-0.39, 0.29) is 24.0 Å². The van der Waals surface area contributed by atoms with Gasteiger partial charge in [0.05, 0.1) is 6.20 Å². The molecular formula is C16H15ClN3O3+. The van der Waals surface area contributed by atoms with Crippen LogP contribution in [0.5, 0.6) is 5.88 Å². The van der Waals surface area contributed by atoms with Gasteiger partial charge in [0.1, 0.15) is 18.3 Å². The Morgan fingerprint density at radius 3 is 2.91 bits per heavy atom. The Morgan fingerprint density at radius 1 is 1.39 bits per heavy atom. The predicted molar refractivity (Wildman–Crippen MR) is 83.8 cm³/mol. The van der Waals surface area contributed by atoms with Crippen molar-refractivity contribution in [3.8, 4) is 5.88 Å². The summed E-state index contributed by atoms with van der Waals surface area (Å²) in [6.45, 7) is 0.270. The van der Waals surface area contributed by atoms with Gasteiger partial charge in [0, 0.05) is 24.9 Å². The molecule has 0 saturated heterocycles. The number of fused-ring (bicyclic) bond motifs is 1. The second-order valence-electron chi connectivity index (χ2n) is 5.03. The van der Waals surface area contributed by atoms with Gasteiger partial charge >= 0.3 is 5.88 Å². The number of nitrogens with zero attached hydrogens (tertiary/aromatic N) is 3. The summed E-state index contributed by atoms with van der Waals surface area (Å²) >= 11 is 5.80. The highest BCUT2D eigenvalue weighted by molar-refractivity contribution is 6.29. The normalized spacial score (nSPS) is 11.0. The van der Waals surface area contributed by atoms with E-state index in [9.17, 15) is 9.90 Å². The number of carbonyl (C=O) groups is 1. The number of methoxy groups -OCH3 is 1. The standard InChI is InChI=1S/C16H14ClN3O3/c1-23-10-12(21)15-16(22)19-7-3-2-4-14(19)20(15)9-11-5-6-13(17)18-8-11/h2-8H,9-10H2,1H3/p+1. The molecule has 0 aliphatic heterocycles. The van der Waals surface area contributed by atoms with Gasteiger partial charge < -0.3 is 9.84 Å². The molecule has 0 radical (unpaired) electrons. The molecule has 0 aliphatic carbocycles. The number of carbonyl (C=O) groups excluding carboxylic acids is 1. The fourth-order valence-corrected chi connectivity index (χ4v) is 2.61. The van der Waals surface area contributed by atoms with E-state index in [1.807, 2.05) is 18.2 Å². The molecule has 0 bridgehead atoms. The molecule has 3 heterocycles. The van der Waals surface area contributed by atoms with Gasteiger partial charge in [-0.3, -0.25) is 4.79 Å². The van der Waals surface area contributed by atoms with Gasteiger partial charge in [-0.25, -0.2) is 9.55 Å². The van der Waals surface area contributed by atoms with Crippen LogP contribution in [-0.4, -0.2) is 34.2 Å². The molecule has 3 aromatic heterocycles. The molecule has 118 valence electrons. The van der Waals surface area contributed by atoms with Gasteiger partial charge in [0.25, 0.3) is 11.3 Å². The zero-order valence-corrected chi connectivity index (χ0v) is 13.2. The predicted octanol–water partition coefficient (Wildman–Crippen LogP) is 1.86. The van der Waals surface area contributed by atoms with E-state index >= 15 is 0 Å². The molecule has 3 aromatic rings. The lowest BCUT2D eigenvalue weighted by Gasteiger charge is -2.02. The van der Waals surface area contributed by atoms with Gasteiger partial charge in [0.15, 0.2) is 0 Å². The number of halogens is 1. The van der Waals surface area contributed by atoms with Crippen LogP contribution < -0.4 is 4.40 Å². The largest absolute Gasteiger partial charge is 0.474 e. The van der Waals surface area contributed by atoms with Crippen molar-refractivity contribution in [1.29, 1.82) is 0 Å². The molecule has 0 amide bonds. The Bertz CT molecular complexity index is 859. The van der Waals surface area contributed by atoms with E-state index in [1.165, 1.54) is 7.11 Å².